The van der Waals surface area contributed by atoms with Gasteiger partial charge in [0.2, 0.25) is 0 Å². The molecule has 0 fully saturated rings. The van der Waals surface area contributed by atoms with Gasteiger partial charge in [0.25, 0.3) is 0 Å². The fourth-order valence-corrected chi connectivity index (χ4v) is 1.10. The Kier molecular flexibility index (Phi) is 5.04. The van der Waals surface area contributed by atoms with Gasteiger partial charge in [0.05, 0.1) is 0 Å². The average molecular weight is 250 g/mol. The van der Waals surface area contributed by atoms with Gasteiger partial charge in [0.15, 0.2) is 0 Å². The third-order valence-corrected chi connectivity index (χ3v) is 1.79. The maximum absolute atomic E-state index is 2.24. The van der Waals surface area contributed by atoms with E-state index in [0.717, 1.165) is 0 Å². The van der Waals surface area contributed by atoms with Crippen LogP contribution in [0.3, 0.4) is 0 Å². The second-order valence-electron chi connectivity index (χ2n) is 2.88. The zero-order valence-electron chi connectivity index (χ0n) is 6.68. The van der Waals surface area contributed by atoms with Crippen molar-refractivity contribution >= 4 is 24.0 Å². The third-order valence-electron chi connectivity index (χ3n) is 1.79. The van der Waals surface area contributed by atoms with Gasteiger partial charge in [-0.25, -0.2) is 0 Å². The van der Waals surface area contributed by atoms with E-state index in [9.17, 15) is 0 Å². The summed E-state index contributed by atoms with van der Waals surface area (Å²) in [5, 5.41) is 0. The fraction of sp³-hybridized carbons (Fsp3) is 0.556. The standard InChI is InChI=1S/C9H14.HI/c1-8-4-3-5-9(2)7-6-8;/h6-7H,3-5H2,1-2H3;1H. The first kappa shape index (κ1) is 10.2. The van der Waals surface area contributed by atoms with E-state index in [0.29, 0.717) is 0 Å². The summed E-state index contributed by atoms with van der Waals surface area (Å²) in [4.78, 5) is 0. The molecule has 0 nitrogen and oxygen atoms in total. The topological polar surface area (TPSA) is 0 Å². The predicted molar refractivity (Wildman–Crippen MR) is 56.8 cm³/mol. The maximum Gasteiger partial charge on any atom is -0.0317 e. The van der Waals surface area contributed by atoms with Gasteiger partial charge in [0, 0.05) is 0 Å². The van der Waals surface area contributed by atoms with Crippen LogP contribution >= 0.6 is 24.0 Å². The highest BCUT2D eigenvalue weighted by Gasteiger charge is 1.95. The summed E-state index contributed by atoms with van der Waals surface area (Å²) in [6.07, 6.45) is 8.39. The van der Waals surface area contributed by atoms with Crippen molar-refractivity contribution in [3.8, 4) is 0 Å². The lowest BCUT2D eigenvalue weighted by Crippen LogP contribution is -1.75. The molecule has 0 N–H and O–H groups in total. The van der Waals surface area contributed by atoms with Gasteiger partial charge >= 0.3 is 0 Å². The SMILES string of the molecule is CC1=CC=C(C)CCC1.I. The van der Waals surface area contributed by atoms with Crippen molar-refractivity contribution in [2.24, 2.45) is 0 Å². The molecule has 0 aromatic carbocycles. The molecule has 1 aliphatic rings. The van der Waals surface area contributed by atoms with Crippen LogP contribution in [0.5, 0.6) is 0 Å². The fourth-order valence-electron chi connectivity index (χ4n) is 1.10. The van der Waals surface area contributed by atoms with Crippen molar-refractivity contribution in [2.75, 3.05) is 0 Å². The number of halogens is 1. The van der Waals surface area contributed by atoms with Gasteiger partial charge in [-0.3, -0.25) is 0 Å². The van der Waals surface area contributed by atoms with Crippen molar-refractivity contribution in [1.82, 2.24) is 0 Å². The Hall–Kier alpha value is 0.210. The Morgan fingerprint density at radius 2 is 1.40 bits per heavy atom. The van der Waals surface area contributed by atoms with E-state index in [1.165, 1.54) is 30.4 Å². The van der Waals surface area contributed by atoms with Crippen LogP contribution in [0.2, 0.25) is 0 Å². The van der Waals surface area contributed by atoms with E-state index in [2.05, 4.69) is 26.0 Å². The Labute approximate surface area is 80.4 Å². The number of hydrogen-bond donors (Lipinski definition) is 0. The molecule has 0 radical (unpaired) electrons. The van der Waals surface area contributed by atoms with E-state index in [1.807, 2.05) is 0 Å². The minimum absolute atomic E-state index is 0. The number of rotatable bonds is 0. The molecule has 1 heteroatoms. The number of allylic oxidation sites excluding steroid dienone is 4. The summed E-state index contributed by atoms with van der Waals surface area (Å²) in [6.45, 7) is 4.41. The van der Waals surface area contributed by atoms with E-state index in [4.69, 9.17) is 0 Å². The van der Waals surface area contributed by atoms with Crippen LogP contribution in [-0.2, 0) is 0 Å². The monoisotopic (exact) mass is 250 g/mol. The smallest absolute Gasteiger partial charge is 0.0317 e. The molecule has 0 aliphatic heterocycles. The van der Waals surface area contributed by atoms with Crippen LogP contribution in [0.15, 0.2) is 23.3 Å². The van der Waals surface area contributed by atoms with Crippen LogP contribution in [0.4, 0.5) is 0 Å². The molecule has 0 bridgehead atoms. The second kappa shape index (κ2) is 4.94. The van der Waals surface area contributed by atoms with Crippen molar-refractivity contribution in [1.29, 1.82) is 0 Å². The molecular formula is C9H15I. The Bertz CT molecular complexity index is 136. The van der Waals surface area contributed by atoms with Gasteiger partial charge in [-0.05, 0) is 33.1 Å². The van der Waals surface area contributed by atoms with Crippen LogP contribution in [0.25, 0.3) is 0 Å². The molecule has 1 aliphatic carbocycles. The summed E-state index contributed by atoms with van der Waals surface area (Å²) in [5.74, 6) is 0. The molecule has 0 heterocycles. The highest BCUT2D eigenvalue weighted by Crippen LogP contribution is 2.15. The first-order valence-electron chi connectivity index (χ1n) is 3.62. The average Bonchev–Trinajstić information content (AvgIpc) is 1.97. The maximum atomic E-state index is 2.24. The van der Waals surface area contributed by atoms with Crippen molar-refractivity contribution in [3.63, 3.8) is 0 Å². The Balaban J connectivity index is 0.000000810. The van der Waals surface area contributed by atoms with E-state index in [-0.39, 0.29) is 24.0 Å². The van der Waals surface area contributed by atoms with Crippen LogP contribution in [0, 0.1) is 0 Å². The summed E-state index contributed by atoms with van der Waals surface area (Å²) < 4.78 is 0. The molecule has 58 valence electrons. The third kappa shape index (κ3) is 3.40. The molecule has 0 unspecified atom stereocenters. The van der Waals surface area contributed by atoms with Crippen LogP contribution in [0.1, 0.15) is 33.1 Å². The van der Waals surface area contributed by atoms with Crippen molar-refractivity contribution in [2.45, 2.75) is 33.1 Å². The summed E-state index contributed by atoms with van der Waals surface area (Å²) in [5.41, 5.74) is 3.04. The Morgan fingerprint density at radius 1 is 1.00 bits per heavy atom. The molecule has 0 amide bonds. The quantitative estimate of drug-likeness (QED) is 0.575. The summed E-state index contributed by atoms with van der Waals surface area (Å²) >= 11 is 0. The van der Waals surface area contributed by atoms with Crippen molar-refractivity contribution < 1.29 is 0 Å². The van der Waals surface area contributed by atoms with Crippen LogP contribution < -0.4 is 0 Å². The van der Waals surface area contributed by atoms with E-state index >= 15 is 0 Å². The largest absolute Gasteiger partial charge is 0.107 e. The zero-order chi connectivity index (χ0) is 6.69. The normalized spacial score (nSPS) is 18.2. The minimum atomic E-state index is 0. The lowest BCUT2D eigenvalue weighted by molar-refractivity contribution is 0.814. The molecular weight excluding hydrogens is 235 g/mol. The van der Waals surface area contributed by atoms with Gasteiger partial charge in [0.1, 0.15) is 0 Å². The van der Waals surface area contributed by atoms with Gasteiger partial charge < -0.3 is 0 Å². The summed E-state index contributed by atoms with van der Waals surface area (Å²) in [7, 11) is 0. The zero-order valence-corrected chi connectivity index (χ0v) is 9.01. The molecule has 0 aromatic rings. The van der Waals surface area contributed by atoms with Crippen molar-refractivity contribution in [3.05, 3.63) is 23.3 Å². The molecule has 1 rings (SSSR count). The lowest BCUT2D eigenvalue weighted by Gasteiger charge is -1.94. The molecule has 0 saturated carbocycles. The highest BCUT2D eigenvalue weighted by atomic mass is 127. The van der Waals surface area contributed by atoms with Crippen LogP contribution in [-0.4, -0.2) is 0 Å². The lowest BCUT2D eigenvalue weighted by atomic mass is 10.1. The van der Waals surface area contributed by atoms with Gasteiger partial charge in [-0.2, -0.15) is 0 Å². The molecule has 10 heavy (non-hydrogen) atoms. The van der Waals surface area contributed by atoms with E-state index < -0.39 is 0 Å². The summed E-state index contributed by atoms with van der Waals surface area (Å²) in [6, 6.07) is 0. The van der Waals surface area contributed by atoms with Gasteiger partial charge in [-0.15, -0.1) is 24.0 Å². The first-order chi connectivity index (χ1) is 4.29. The first-order valence-corrected chi connectivity index (χ1v) is 3.62. The minimum Gasteiger partial charge on any atom is -0.107 e. The highest BCUT2D eigenvalue weighted by molar-refractivity contribution is 14.0. The molecule has 0 aromatic heterocycles. The van der Waals surface area contributed by atoms with Gasteiger partial charge in [-0.1, -0.05) is 23.3 Å². The molecule has 0 saturated heterocycles. The molecule has 0 spiro atoms. The second-order valence-corrected chi connectivity index (χ2v) is 2.88. The molecule has 0 atom stereocenters. The number of hydrogen-bond acceptors (Lipinski definition) is 0. The Morgan fingerprint density at radius 3 is 1.80 bits per heavy atom. The van der Waals surface area contributed by atoms with E-state index in [1.54, 1.807) is 0 Å². The predicted octanol–water partition coefficient (Wildman–Crippen LogP) is 3.68.